The second kappa shape index (κ2) is 20.5. The van der Waals surface area contributed by atoms with Crippen molar-refractivity contribution in [1.82, 2.24) is 35.1 Å². The number of nitrogens with zero attached hydrogens (tertiary/aromatic N) is 4. The molecule has 0 aliphatic rings. The highest BCUT2D eigenvalue weighted by Gasteiger charge is 2.19. The standard InChI is InChI=1S/C42H45N7O4.C3H8/c1-4-21-48(40(50)23-29-11-7-6-8-12-29)27-38-43-24-36(46-38)31-17-15-30(16-18-31)32-19-20-35(34-14-10-9-13-33(32)34)37-25-44-39(47-37)28-49(22-5-2)41(51)26-45-42(52)53-3;1-3-2/h6-20,24-25H,4-5,21-23,26-28H2,1-3H3,(H,43,46)(H,44,47)(H,45,52);3H2,1-2H3. The van der Waals surface area contributed by atoms with E-state index in [4.69, 9.17) is 0 Å². The fourth-order valence-corrected chi connectivity index (χ4v) is 6.48. The van der Waals surface area contributed by atoms with Gasteiger partial charge < -0.3 is 29.8 Å². The molecule has 0 aliphatic carbocycles. The maximum atomic E-state index is 13.1. The zero-order chi connectivity index (χ0) is 39.9. The minimum absolute atomic E-state index is 0.0866. The number of imidazole rings is 2. The Bertz CT molecular complexity index is 2180. The van der Waals surface area contributed by atoms with E-state index < -0.39 is 6.09 Å². The third-order valence-electron chi connectivity index (χ3n) is 9.12. The molecule has 0 atom stereocenters. The number of amides is 3. The molecule has 2 aromatic heterocycles. The van der Waals surface area contributed by atoms with Crippen molar-refractivity contribution >= 4 is 28.7 Å². The lowest BCUT2D eigenvalue weighted by Crippen LogP contribution is -2.40. The van der Waals surface area contributed by atoms with E-state index in [1.165, 1.54) is 13.5 Å². The van der Waals surface area contributed by atoms with Crippen molar-refractivity contribution in [2.75, 3.05) is 26.7 Å². The van der Waals surface area contributed by atoms with Crippen LogP contribution in [0.2, 0.25) is 0 Å². The Labute approximate surface area is 329 Å². The number of benzene rings is 4. The van der Waals surface area contributed by atoms with E-state index in [2.05, 4.69) is 99.3 Å². The summed E-state index contributed by atoms with van der Waals surface area (Å²) in [5, 5.41) is 4.64. The van der Waals surface area contributed by atoms with Crippen LogP contribution < -0.4 is 5.32 Å². The molecule has 0 aliphatic heterocycles. The van der Waals surface area contributed by atoms with E-state index in [1.54, 1.807) is 11.1 Å². The highest BCUT2D eigenvalue weighted by Crippen LogP contribution is 2.36. The molecule has 0 saturated carbocycles. The number of aromatic amines is 2. The molecule has 0 unspecified atom stereocenters. The summed E-state index contributed by atoms with van der Waals surface area (Å²) in [5.41, 5.74) is 6.95. The number of fused-ring (bicyclic) bond motifs is 1. The van der Waals surface area contributed by atoms with Gasteiger partial charge in [-0.2, -0.15) is 0 Å². The number of rotatable bonds is 15. The number of methoxy groups -OCH3 is 1. The first-order valence-electron chi connectivity index (χ1n) is 19.4. The van der Waals surface area contributed by atoms with Gasteiger partial charge >= 0.3 is 6.09 Å². The first-order valence-corrected chi connectivity index (χ1v) is 19.4. The zero-order valence-corrected chi connectivity index (χ0v) is 33.1. The van der Waals surface area contributed by atoms with Crippen molar-refractivity contribution in [3.63, 3.8) is 0 Å². The molecular weight excluding hydrogens is 703 g/mol. The first kappa shape index (κ1) is 40.9. The van der Waals surface area contributed by atoms with Crippen molar-refractivity contribution in [3.05, 3.63) is 121 Å². The summed E-state index contributed by atoms with van der Waals surface area (Å²) in [7, 11) is 1.26. The van der Waals surface area contributed by atoms with Crippen LogP contribution in [-0.2, 0) is 33.8 Å². The van der Waals surface area contributed by atoms with Gasteiger partial charge in [0.1, 0.15) is 18.2 Å². The lowest BCUT2D eigenvalue weighted by Gasteiger charge is -2.21. The monoisotopic (exact) mass is 755 g/mol. The van der Waals surface area contributed by atoms with Gasteiger partial charge in [-0.05, 0) is 45.9 Å². The van der Waals surface area contributed by atoms with Gasteiger partial charge in [0, 0.05) is 18.7 Å². The number of H-pyrrole nitrogens is 2. The van der Waals surface area contributed by atoms with Crippen LogP contribution in [0, 0.1) is 0 Å². The van der Waals surface area contributed by atoms with Gasteiger partial charge in [-0.25, -0.2) is 14.8 Å². The van der Waals surface area contributed by atoms with E-state index >= 15 is 0 Å². The quantitative estimate of drug-likeness (QED) is 0.0959. The third kappa shape index (κ3) is 10.7. The number of aromatic nitrogens is 4. The normalized spacial score (nSPS) is 10.7. The van der Waals surface area contributed by atoms with Crippen LogP contribution in [0.15, 0.2) is 103 Å². The Hall–Kier alpha value is -6.23. The summed E-state index contributed by atoms with van der Waals surface area (Å²) < 4.78 is 4.59. The third-order valence-corrected chi connectivity index (χ3v) is 9.12. The van der Waals surface area contributed by atoms with Crippen molar-refractivity contribution in [1.29, 1.82) is 0 Å². The minimum Gasteiger partial charge on any atom is -0.453 e. The molecule has 0 saturated heterocycles. The molecule has 56 heavy (non-hydrogen) atoms. The topological polar surface area (TPSA) is 136 Å². The molecule has 6 aromatic rings. The lowest BCUT2D eigenvalue weighted by molar-refractivity contribution is -0.131. The number of carbonyl (C=O) groups excluding carboxylic acids is 3. The smallest absolute Gasteiger partial charge is 0.407 e. The van der Waals surface area contributed by atoms with E-state index in [-0.39, 0.29) is 18.4 Å². The number of carbonyl (C=O) groups is 3. The minimum atomic E-state index is -0.646. The predicted molar refractivity (Wildman–Crippen MR) is 222 cm³/mol. The van der Waals surface area contributed by atoms with Crippen LogP contribution in [0.25, 0.3) is 44.4 Å². The summed E-state index contributed by atoms with van der Waals surface area (Å²) in [4.78, 5) is 57.0. The Morgan fingerprint density at radius 3 is 1.77 bits per heavy atom. The average Bonchev–Trinajstić information content (AvgIpc) is 3.90. The molecule has 3 amide bonds. The maximum absolute atomic E-state index is 13.1. The Morgan fingerprint density at radius 2 is 1.16 bits per heavy atom. The number of nitrogens with one attached hydrogen (secondary N) is 3. The molecular formula is C45H53N7O4. The SMILES string of the molecule is CCC.CCCN(Cc1ncc(-c2ccc(-c3ccc(-c4cnc(CN(CCC)C(=O)CNC(=O)OC)[nH]4)c4ccccc34)cc2)[nH]1)C(=O)Cc1ccccc1. The van der Waals surface area contributed by atoms with Gasteiger partial charge in [-0.15, -0.1) is 0 Å². The molecule has 0 fully saturated rings. The second-order valence-corrected chi connectivity index (χ2v) is 13.6. The highest BCUT2D eigenvalue weighted by atomic mass is 16.5. The van der Waals surface area contributed by atoms with Gasteiger partial charge in [-0.3, -0.25) is 9.59 Å². The fraction of sp³-hybridized carbons (Fsp3) is 0.311. The molecule has 292 valence electrons. The summed E-state index contributed by atoms with van der Waals surface area (Å²) >= 11 is 0. The molecule has 0 spiro atoms. The van der Waals surface area contributed by atoms with E-state index in [0.29, 0.717) is 38.4 Å². The van der Waals surface area contributed by atoms with E-state index in [0.717, 1.165) is 68.6 Å². The fourth-order valence-electron chi connectivity index (χ4n) is 6.48. The Morgan fingerprint density at radius 1 is 0.643 bits per heavy atom. The molecule has 6 rings (SSSR count). The van der Waals surface area contributed by atoms with Gasteiger partial charge in [-0.1, -0.05) is 125 Å². The van der Waals surface area contributed by atoms with Crippen molar-refractivity contribution in [3.8, 4) is 33.6 Å². The molecule has 0 radical (unpaired) electrons. The van der Waals surface area contributed by atoms with Crippen molar-refractivity contribution < 1.29 is 19.1 Å². The lowest BCUT2D eigenvalue weighted by atomic mass is 9.93. The van der Waals surface area contributed by atoms with Crippen LogP contribution in [0.4, 0.5) is 4.79 Å². The predicted octanol–water partition coefficient (Wildman–Crippen LogP) is 8.78. The largest absolute Gasteiger partial charge is 0.453 e. The van der Waals surface area contributed by atoms with Gasteiger partial charge in [0.05, 0.1) is 50.4 Å². The maximum Gasteiger partial charge on any atom is 0.407 e. The van der Waals surface area contributed by atoms with Crippen LogP contribution in [0.1, 0.15) is 64.2 Å². The first-order chi connectivity index (χ1) is 27.3. The summed E-state index contributed by atoms with van der Waals surface area (Å²) in [5.74, 6) is 1.28. The van der Waals surface area contributed by atoms with Crippen LogP contribution in [0.5, 0.6) is 0 Å². The number of hydrogen-bond acceptors (Lipinski definition) is 6. The van der Waals surface area contributed by atoms with Gasteiger partial charge in [0.25, 0.3) is 0 Å². The summed E-state index contributed by atoms with van der Waals surface area (Å²) in [6, 6.07) is 30.8. The Kier molecular flexibility index (Phi) is 15.0. The number of ether oxygens (including phenoxy) is 1. The summed E-state index contributed by atoms with van der Waals surface area (Å²) in [6.07, 6.45) is 6.23. The van der Waals surface area contributed by atoms with Gasteiger partial charge in [0.2, 0.25) is 11.8 Å². The highest BCUT2D eigenvalue weighted by molar-refractivity contribution is 6.04. The van der Waals surface area contributed by atoms with E-state index in [1.807, 2.05) is 60.5 Å². The van der Waals surface area contributed by atoms with E-state index in [9.17, 15) is 14.4 Å². The number of hydrogen-bond donors (Lipinski definition) is 3. The number of alkyl carbamates (subject to hydrolysis) is 1. The van der Waals surface area contributed by atoms with Crippen molar-refractivity contribution in [2.45, 2.75) is 66.5 Å². The van der Waals surface area contributed by atoms with Crippen LogP contribution in [0.3, 0.4) is 0 Å². The van der Waals surface area contributed by atoms with Crippen LogP contribution >= 0.6 is 0 Å². The second-order valence-electron chi connectivity index (χ2n) is 13.6. The van der Waals surface area contributed by atoms with Crippen LogP contribution in [-0.4, -0.2) is 74.4 Å². The molecule has 4 aromatic carbocycles. The molecule has 11 nitrogen and oxygen atoms in total. The van der Waals surface area contributed by atoms with Crippen molar-refractivity contribution in [2.24, 2.45) is 0 Å². The van der Waals surface area contributed by atoms with Gasteiger partial charge in [0.15, 0.2) is 0 Å². The zero-order valence-electron chi connectivity index (χ0n) is 33.1. The molecule has 11 heteroatoms. The molecule has 3 N–H and O–H groups in total. The molecule has 2 heterocycles. The Balaban J connectivity index is 0.00000194. The average molecular weight is 756 g/mol. The molecule has 0 bridgehead atoms. The summed E-state index contributed by atoms with van der Waals surface area (Å²) in [6.45, 7) is 10.1.